The fourth-order valence-electron chi connectivity index (χ4n) is 9.51. The summed E-state index contributed by atoms with van der Waals surface area (Å²) in [5.74, 6) is 3.26. The first-order valence-electron chi connectivity index (χ1n) is 14.5. The molecule has 2 unspecified atom stereocenters. The van der Waals surface area contributed by atoms with Crippen molar-refractivity contribution in [1.29, 1.82) is 0 Å². The summed E-state index contributed by atoms with van der Waals surface area (Å²) < 4.78 is 14.1. The van der Waals surface area contributed by atoms with Gasteiger partial charge in [0.1, 0.15) is 5.82 Å². The second-order valence-corrected chi connectivity index (χ2v) is 13.3. The molecule has 0 aliphatic heterocycles. The molecule has 0 aromatic heterocycles. The molecule has 4 aliphatic carbocycles. The molecule has 3 fully saturated rings. The molecule has 0 amide bonds. The molecule has 5 rings (SSSR count). The van der Waals surface area contributed by atoms with Gasteiger partial charge in [0.15, 0.2) is 0 Å². The third kappa shape index (κ3) is 4.23. The molecule has 0 radical (unpaired) electrons. The summed E-state index contributed by atoms with van der Waals surface area (Å²) >= 11 is 0. The first-order chi connectivity index (χ1) is 16.6. The van der Waals surface area contributed by atoms with Crippen LogP contribution < -0.4 is 0 Å². The summed E-state index contributed by atoms with van der Waals surface area (Å²) in [6.45, 7) is 9.61. The summed E-state index contributed by atoms with van der Waals surface area (Å²) in [4.78, 5) is 0. The van der Waals surface area contributed by atoms with E-state index in [1.165, 1.54) is 38.2 Å². The fraction of sp³-hybridized carbons (Fsp3) is 0.750. The molecule has 1 aromatic rings. The van der Waals surface area contributed by atoms with Crippen molar-refractivity contribution in [2.75, 3.05) is 0 Å². The minimum absolute atomic E-state index is 0.277. The van der Waals surface area contributed by atoms with Gasteiger partial charge in [0.25, 0.3) is 0 Å². The lowest BCUT2D eigenvalue weighted by molar-refractivity contribution is -0.0757. The predicted octanol–water partition coefficient (Wildman–Crippen LogP) is 8.00. The number of hydrogen-bond donors (Lipinski definition) is 2. The Kier molecular flexibility index (Phi) is 6.75. The van der Waals surface area contributed by atoms with Gasteiger partial charge < -0.3 is 10.2 Å². The number of rotatable bonds is 6. The number of halogens is 1. The van der Waals surface area contributed by atoms with Crippen LogP contribution in [0.3, 0.4) is 0 Å². The van der Waals surface area contributed by atoms with Gasteiger partial charge in [0, 0.05) is 5.56 Å². The van der Waals surface area contributed by atoms with E-state index in [0.717, 1.165) is 49.9 Å². The van der Waals surface area contributed by atoms with E-state index in [1.54, 1.807) is 17.7 Å². The highest BCUT2D eigenvalue weighted by Crippen LogP contribution is 2.67. The Balaban J connectivity index is 1.28. The second-order valence-electron chi connectivity index (χ2n) is 13.3. The van der Waals surface area contributed by atoms with Gasteiger partial charge >= 0.3 is 0 Å². The van der Waals surface area contributed by atoms with E-state index in [-0.39, 0.29) is 11.2 Å². The second kappa shape index (κ2) is 9.28. The molecule has 0 saturated heterocycles. The number of hydrogen-bond acceptors (Lipinski definition) is 2. The van der Waals surface area contributed by atoms with E-state index in [1.807, 2.05) is 6.07 Å². The molecule has 35 heavy (non-hydrogen) atoms. The van der Waals surface area contributed by atoms with Gasteiger partial charge in [-0.25, -0.2) is 4.39 Å². The highest BCUT2D eigenvalue weighted by atomic mass is 19.1. The lowest BCUT2D eigenvalue weighted by Crippen LogP contribution is -2.52. The average Bonchev–Trinajstić information content (AvgIpc) is 3.20. The number of allylic oxidation sites excluding steroid dienone is 1. The summed E-state index contributed by atoms with van der Waals surface area (Å²) in [7, 11) is 0. The Morgan fingerprint density at radius 2 is 1.80 bits per heavy atom. The van der Waals surface area contributed by atoms with Gasteiger partial charge in [-0.3, -0.25) is 0 Å². The van der Waals surface area contributed by atoms with Crippen molar-refractivity contribution < 1.29 is 14.6 Å². The van der Waals surface area contributed by atoms with Crippen LogP contribution in [0, 0.1) is 46.2 Å². The predicted molar refractivity (Wildman–Crippen MR) is 140 cm³/mol. The molecular formula is C32H47FO2. The van der Waals surface area contributed by atoms with E-state index in [4.69, 9.17) is 0 Å². The minimum Gasteiger partial charge on any atom is -0.390 e. The number of benzene rings is 1. The maximum absolute atomic E-state index is 14.1. The maximum Gasteiger partial charge on any atom is 0.128 e. The smallest absolute Gasteiger partial charge is 0.128 e. The normalized spacial score (nSPS) is 42.4. The molecule has 3 heteroatoms. The maximum atomic E-state index is 14.1. The highest BCUT2D eigenvalue weighted by molar-refractivity contribution is 5.27. The van der Waals surface area contributed by atoms with Crippen LogP contribution in [-0.4, -0.2) is 15.8 Å². The van der Waals surface area contributed by atoms with Crippen LogP contribution in [0.25, 0.3) is 0 Å². The zero-order valence-electron chi connectivity index (χ0n) is 22.4. The number of aliphatic hydroxyl groups is 2. The van der Waals surface area contributed by atoms with Crippen molar-refractivity contribution in [1.82, 2.24) is 0 Å². The molecule has 1 aromatic carbocycles. The van der Waals surface area contributed by atoms with Gasteiger partial charge in [-0.2, -0.15) is 0 Å². The molecular weight excluding hydrogens is 435 g/mol. The Labute approximate surface area is 212 Å². The first kappa shape index (κ1) is 25.5. The molecule has 2 N–H and O–H groups in total. The van der Waals surface area contributed by atoms with E-state index >= 15 is 0 Å². The van der Waals surface area contributed by atoms with Crippen LogP contribution in [0.5, 0.6) is 0 Å². The van der Waals surface area contributed by atoms with Crippen LogP contribution in [0.1, 0.15) is 110 Å². The Morgan fingerprint density at radius 3 is 2.54 bits per heavy atom. The first-order valence-corrected chi connectivity index (χ1v) is 14.5. The molecule has 0 spiro atoms. The standard InChI is InChI=1S/C32H47FO2/c1-5-32(35)19-18-30(3)22(20-32)11-12-23-26-14-13-25(31(26,4)17-16-27(23)30)21(2)10-15-29(34)24-8-6-7-9-28(24)33/h6-9,11,21,23,25-27,29,34-35H,5,10,12-20H2,1-4H3/t21-,23+,25-,26+,27?,29?,30+,31-,32+/m1/s1. The van der Waals surface area contributed by atoms with Crippen molar-refractivity contribution >= 4 is 0 Å². The van der Waals surface area contributed by atoms with Crippen LogP contribution in [0.4, 0.5) is 4.39 Å². The molecule has 9 atom stereocenters. The van der Waals surface area contributed by atoms with Gasteiger partial charge in [-0.05, 0) is 117 Å². The summed E-state index contributed by atoms with van der Waals surface area (Å²) in [6, 6.07) is 6.66. The van der Waals surface area contributed by atoms with Crippen molar-refractivity contribution in [3.63, 3.8) is 0 Å². The van der Waals surface area contributed by atoms with Crippen molar-refractivity contribution in [3.05, 3.63) is 47.3 Å². The zero-order chi connectivity index (χ0) is 25.0. The molecule has 0 bridgehead atoms. The van der Waals surface area contributed by atoms with Crippen molar-refractivity contribution in [3.8, 4) is 0 Å². The zero-order valence-corrected chi connectivity index (χ0v) is 22.4. The third-order valence-corrected chi connectivity index (χ3v) is 11.8. The van der Waals surface area contributed by atoms with Crippen LogP contribution in [0.15, 0.2) is 35.9 Å². The lowest BCUT2D eigenvalue weighted by atomic mass is 9.46. The van der Waals surface area contributed by atoms with E-state index in [9.17, 15) is 14.6 Å². The van der Waals surface area contributed by atoms with Gasteiger partial charge in [-0.1, -0.05) is 57.5 Å². The molecule has 0 heterocycles. The number of fused-ring (bicyclic) bond motifs is 5. The topological polar surface area (TPSA) is 40.5 Å². The van der Waals surface area contributed by atoms with Gasteiger partial charge in [-0.15, -0.1) is 0 Å². The number of aliphatic hydroxyl groups excluding tert-OH is 1. The van der Waals surface area contributed by atoms with Gasteiger partial charge in [0.05, 0.1) is 11.7 Å². The molecule has 4 aliphatic rings. The SMILES string of the molecule is CC[C@]1(O)CC[C@@]2(C)C(=CC[C@@H]3C2CC[C@]2(C)[C@@H]([C@H](C)CCC(O)c4ccccc4F)CC[C@@H]32)C1. The Hall–Kier alpha value is -1.19. The molecule has 194 valence electrons. The largest absolute Gasteiger partial charge is 0.390 e. The summed E-state index contributed by atoms with van der Waals surface area (Å²) in [5, 5.41) is 21.7. The Morgan fingerprint density at radius 1 is 1.03 bits per heavy atom. The van der Waals surface area contributed by atoms with Crippen molar-refractivity contribution in [2.45, 2.75) is 110 Å². The van der Waals surface area contributed by atoms with E-state index in [2.05, 4.69) is 33.8 Å². The highest BCUT2D eigenvalue weighted by Gasteiger charge is 2.59. The quantitative estimate of drug-likeness (QED) is 0.403. The van der Waals surface area contributed by atoms with Gasteiger partial charge in [0.2, 0.25) is 0 Å². The summed E-state index contributed by atoms with van der Waals surface area (Å²) in [6.07, 6.45) is 13.7. The van der Waals surface area contributed by atoms with Crippen molar-refractivity contribution in [2.24, 2.45) is 40.4 Å². The lowest BCUT2D eigenvalue weighted by Gasteiger charge is -2.59. The van der Waals surface area contributed by atoms with E-state index < -0.39 is 11.7 Å². The fourth-order valence-corrected chi connectivity index (χ4v) is 9.51. The molecule has 2 nitrogen and oxygen atoms in total. The molecule has 3 saturated carbocycles. The monoisotopic (exact) mass is 482 g/mol. The van der Waals surface area contributed by atoms with Crippen LogP contribution in [0.2, 0.25) is 0 Å². The van der Waals surface area contributed by atoms with E-state index in [0.29, 0.717) is 29.2 Å². The van der Waals surface area contributed by atoms with Crippen LogP contribution in [-0.2, 0) is 0 Å². The average molecular weight is 483 g/mol. The summed E-state index contributed by atoms with van der Waals surface area (Å²) in [5.41, 5.74) is 2.17. The minimum atomic E-state index is -0.714. The third-order valence-electron chi connectivity index (χ3n) is 11.8. The Bertz CT molecular complexity index is 957. The van der Waals surface area contributed by atoms with Crippen LogP contribution >= 0.6 is 0 Å².